The van der Waals surface area contributed by atoms with Crippen LogP contribution >= 0.6 is 0 Å². The van der Waals surface area contributed by atoms with E-state index in [4.69, 9.17) is 5.73 Å². The molecule has 0 bridgehead atoms. The largest absolute Gasteiger partial charge is 0.382 e. The Labute approximate surface area is 74.2 Å². The fraction of sp³-hybridized carbons (Fsp3) is 0. The third-order valence-corrected chi connectivity index (χ3v) is 1.42. The van der Waals surface area contributed by atoms with Crippen LogP contribution in [-0.4, -0.2) is 20.2 Å². The van der Waals surface area contributed by atoms with Crippen LogP contribution in [0.4, 0.5) is 17.3 Å². The molecule has 0 aromatic carbocycles. The Morgan fingerprint density at radius 3 is 2.92 bits per heavy atom. The SMILES string of the molecule is Nc1cncc(Nc2cn[nH]c2)n1. The Hall–Kier alpha value is -2.11. The minimum Gasteiger partial charge on any atom is -0.382 e. The molecule has 2 aromatic heterocycles. The van der Waals surface area contributed by atoms with Gasteiger partial charge in [-0.15, -0.1) is 0 Å². The summed E-state index contributed by atoms with van der Waals surface area (Å²) in [6.07, 6.45) is 6.43. The number of H-pyrrole nitrogens is 1. The van der Waals surface area contributed by atoms with Gasteiger partial charge >= 0.3 is 0 Å². The number of aromatic amines is 1. The molecular weight excluding hydrogens is 168 g/mol. The van der Waals surface area contributed by atoms with Crippen molar-refractivity contribution in [2.45, 2.75) is 0 Å². The summed E-state index contributed by atoms with van der Waals surface area (Å²) in [6, 6.07) is 0. The summed E-state index contributed by atoms with van der Waals surface area (Å²) in [6.45, 7) is 0. The second-order valence-electron chi connectivity index (χ2n) is 2.44. The molecule has 66 valence electrons. The zero-order valence-electron chi connectivity index (χ0n) is 6.73. The molecule has 0 radical (unpaired) electrons. The fourth-order valence-corrected chi connectivity index (χ4v) is 0.908. The number of aromatic nitrogens is 4. The van der Waals surface area contributed by atoms with E-state index in [1.54, 1.807) is 18.6 Å². The summed E-state index contributed by atoms with van der Waals surface area (Å²) in [5.41, 5.74) is 6.27. The van der Waals surface area contributed by atoms with Gasteiger partial charge in [0, 0.05) is 6.20 Å². The molecule has 0 saturated carbocycles. The molecule has 6 nitrogen and oxygen atoms in total. The van der Waals surface area contributed by atoms with Crippen LogP contribution in [0.2, 0.25) is 0 Å². The second-order valence-corrected chi connectivity index (χ2v) is 2.44. The standard InChI is InChI=1S/C7H8N6/c8-6-3-9-4-7(13-6)12-5-1-10-11-2-5/h1-4H,(H,10,11)(H3,8,12,13). The van der Waals surface area contributed by atoms with Gasteiger partial charge in [-0.05, 0) is 0 Å². The Morgan fingerprint density at radius 2 is 2.23 bits per heavy atom. The van der Waals surface area contributed by atoms with Crippen molar-refractivity contribution in [2.75, 3.05) is 11.1 Å². The third kappa shape index (κ3) is 1.73. The van der Waals surface area contributed by atoms with Crippen molar-refractivity contribution in [3.8, 4) is 0 Å². The van der Waals surface area contributed by atoms with Gasteiger partial charge in [0.05, 0.1) is 24.3 Å². The van der Waals surface area contributed by atoms with Gasteiger partial charge in [-0.3, -0.25) is 10.1 Å². The molecular formula is C7H8N6. The number of nitrogens with zero attached hydrogens (tertiary/aromatic N) is 3. The van der Waals surface area contributed by atoms with Gasteiger partial charge in [-0.2, -0.15) is 5.10 Å². The van der Waals surface area contributed by atoms with Crippen molar-refractivity contribution in [1.29, 1.82) is 0 Å². The maximum absolute atomic E-state index is 5.45. The molecule has 0 fully saturated rings. The van der Waals surface area contributed by atoms with E-state index in [1.165, 1.54) is 6.20 Å². The van der Waals surface area contributed by atoms with E-state index < -0.39 is 0 Å². The first-order valence-electron chi connectivity index (χ1n) is 3.68. The minimum atomic E-state index is 0.383. The predicted octanol–water partition coefficient (Wildman–Crippen LogP) is 0.526. The number of rotatable bonds is 2. The Morgan fingerprint density at radius 1 is 1.31 bits per heavy atom. The minimum absolute atomic E-state index is 0.383. The highest BCUT2D eigenvalue weighted by atomic mass is 15.1. The van der Waals surface area contributed by atoms with E-state index in [9.17, 15) is 0 Å². The van der Waals surface area contributed by atoms with Crippen LogP contribution in [0.5, 0.6) is 0 Å². The van der Waals surface area contributed by atoms with E-state index >= 15 is 0 Å². The van der Waals surface area contributed by atoms with Crippen LogP contribution in [0.3, 0.4) is 0 Å². The van der Waals surface area contributed by atoms with Crippen molar-refractivity contribution in [1.82, 2.24) is 20.2 Å². The van der Waals surface area contributed by atoms with E-state index in [0.29, 0.717) is 11.6 Å². The molecule has 2 heterocycles. The second kappa shape index (κ2) is 3.10. The molecule has 13 heavy (non-hydrogen) atoms. The molecule has 0 aliphatic rings. The number of hydrogen-bond donors (Lipinski definition) is 3. The van der Waals surface area contributed by atoms with E-state index in [1.807, 2.05) is 0 Å². The topological polar surface area (TPSA) is 92.5 Å². The van der Waals surface area contributed by atoms with Gasteiger partial charge in [0.15, 0.2) is 5.82 Å². The summed E-state index contributed by atoms with van der Waals surface area (Å²) in [7, 11) is 0. The quantitative estimate of drug-likeness (QED) is 0.620. The summed E-state index contributed by atoms with van der Waals surface area (Å²) >= 11 is 0. The smallest absolute Gasteiger partial charge is 0.151 e. The number of nitrogens with two attached hydrogens (primary N) is 1. The van der Waals surface area contributed by atoms with Gasteiger partial charge in [0.2, 0.25) is 0 Å². The van der Waals surface area contributed by atoms with Crippen molar-refractivity contribution in [3.05, 3.63) is 24.8 Å². The monoisotopic (exact) mass is 176 g/mol. The summed E-state index contributed by atoms with van der Waals surface area (Å²) < 4.78 is 0. The van der Waals surface area contributed by atoms with Crippen molar-refractivity contribution < 1.29 is 0 Å². The van der Waals surface area contributed by atoms with Crippen molar-refractivity contribution in [2.24, 2.45) is 0 Å². The zero-order chi connectivity index (χ0) is 9.10. The van der Waals surface area contributed by atoms with Gasteiger partial charge in [0.25, 0.3) is 0 Å². The van der Waals surface area contributed by atoms with Gasteiger partial charge < -0.3 is 11.1 Å². The normalized spacial score (nSPS) is 9.85. The number of anilines is 3. The summed E-state index contributed by atoms with van der Waals surface area (Å²) in [4.78, 5) is 7.89. The number of nitrogen functional groups attached to an aromatic ring is 1. The van der Waals surface area contributed by atoms with E-state index in [0.717, 1.165) is 5.69 Å². The number of nitrogens with one attached hydrogen (secondary N) is 2. The van der Waals surface area contributed by atoms with Crippen LogP contribution in [0.25, 0.3) is 0 Å². The molecule has 0 spiro atoms. The van der Waals surface area contributed by atoms with Crippen LogP contribution in [0.15, 0.2) is 24.8 Å². The predicted molar refractivity (Wildman–Crippen MR) is 48.3 cm³/mol. The first-order chi connectivity index (χ1) is 6.34. The van der Waals surface area contributed by atoms with Crippen LogP contribution in [0.1, 0.15) is 0 Å². The molecule has 0 saturated heterocycles. The van der Waals surface area contributed by atoms with Gasteiger partial charge in [0.1, 0.15) is 5.82 Å². The molecule has 0 atom stereocenters. The lowest BCUT2D eigenvalue weighted by Gasteiger charge is -2.00. The average Bonchev–Trinajstić information content (AvgIpc) is 2.57. The highest BCUT2D eigenvalue weighted by molar-refractivity contribution is 5.53. The van der Waals surface area contributed by atoms with Crippen LogP contribution < -0.4 is 11.1 Å². The highest BCUT2D eigenvalue weighted by Crippen LogP contribution is 2.11. The van der Waals surface area contributed by atoms with Gasteiger partial charge in [-0.25, -0.2) is 4.98 Å². The Bertz CT molecular complexity index is 382. The maximum atomic E-state index is 5.45. The molecule has 6 heteroatoms. The van der Waals surface area contributed by atoms with Crippen LogP contribution in [-0.2, 0) is 0 Å². The molecule has 0 unspecified atom stereocenters. The zero-order valence-corrected chi connectivity index (χ0v) is 6.73. The van der Waals surface area contributed by atoms with E-state index in [2.05, 4.69) is 25.5 Å². The Kier molecular flexibility index (Phi) is 1.79. The third-order valence-electron chi connectivity index (χ3n) is 1.42. The summed E-state index contributed by atoms with van der Waals surface area (Å²) in [5.74, 6) is 0.981. The average molecular weight is 176 g/mol. The lowest BCUT2D eigenvalue weighted by molar-refractivity contribution is 1.09. The molecule has 0 amide bonds. The van der Waals surface area contributed by atoms with Crippen LogP contribution in [0, 0.1) is 0 Å². The molecule has 0 aliphatic carbocycles. The van der Waals surface area contributed by atoms with Gasteiger partial charge in [-0.1, -0.05) is 0 Å². The number of hydrogen-bond acceptors (Lipinski definition) is 5. The van der Waals surface area contributed by atoms with Crippen molar-refractivity contribution in [3.63, 3.8) is 0 Å². The lowest BCUT2D eigenvalue weighted by atomic mass is 10.5. The molecule has 2 rings (SSSR count). The molecule has 4 N–H and O–H groups in total. The molecule has 0 aliphatic heterocycles. The fourth-order valence-electron chi connectivity index (χ4n) is 0.908. The molecule has 2 aromatic rings. The van der Waals surface area contributed by atoms with Crippen molar-refractivity contribution >= 4 is 17.3 Å². The first kappa shape index (κ1) is 7.53. The summed E-state index contributed by atoms with van der Waals surface area (Å²) in [5, 5.41) is 9.42. The Balaban J connectivity index is 2.19. The first-order valence-corrected chi connectivity index (χ1v) is 3.68. The maximum Gasteiger partial charge on any atom is 0.151 e. The highest BCUT2D eigenvalue weighted by Gasteiger charge is 1.96. The van der Waals surface area contributed by atoms with E-state index in [-0.39, 0.29) is 0 Å². The lowest BCUT2D eigenvalue weighted by Crippen LogP contribution is -1.97.